The Morgan fingerprint density at radius 3 is 2.52 bits per heavy atom. The van der Waals surface area contributed by atoms with E-state index in [1.165, 1.54) is 25.7 Å². The highest BCUT2D eigenvalue weighted by atomic mass is 16.5. The van der Waals surface area contributed by atoms with Gasteiger partial charge < -0.3 is 15.4 Å². The first kappa shape index (κ1) is 17.8. The van der Waals surface area contributed by atoms with E-state index in [-0.39, 0.29) is 11.8 Å². The van der Waals surface area contributed by atoms with Crippen LogP contribution in [-0.4, -0.2) is 25.6 Å². The van der Waals surface area contributed by atoms with Crippen molar-refractivity contribution in [3.63, 3.8) is 0 Å². The number of hydrogen-bond donors (Lipinski definition) is 2. The predicted molar refractivity (Wildman–Crippen MR) is 94.9 cm³/mol. The highest BCUT2D eigenvalue weighted by Crippen LogP contribution is 2.19. The first-order chi connectivity index (χ1) is 11.3. The third-order valence-corrected chi connectivity index (χ3v) is 4.35. The minimum absolute atomic E-state index is 0.135. The molecule has 0 aliphatic carbocycles. The van der Waals surface area contributed by atoms with Crippen molar-refractivity contribution in [2.24, 2.45) is 5.92 Å². The standard InChI is InChI=1S/C19H30N2O2/c1-2-3-4-5-6-15-23-18-9-7-17(8-10-18)21-19(22)16-11-13-20-14-12-16/h7-10,16,20H,2-6,11-15H2,1H3,(H,21,22). The Morgan fingerprint density at radius 1 is 1.13 bits per heavy atom. The topological polar surface area (TPSA) is 50.4 Å². The summed E-state index contributed by atoms with van der Waals surface area (Å²) >= 11 is 0. The Kier molecular flexibility index (Phi) is 7.95. The van der Waals surface area contributed by atoms with E-state index in [1.54, 1.807) is 0 Å². The number of benzene rings is 1. The van der Waals surface area contributed by atoms with Gasteiger partial charge in [-0.2, -0.15) is 0 Å². The molecule has 1 fully saturated rings. The van der Waals surface area contributed by atoms with Crippen LogP contribution in [0, 0.1) is 5.92 Å². The van der Waals surface area contributed by atoms with Crippen molar-refractivity contribution in [1.82, 2.24) is 5.32 Å². The third kappa shape index (κ3) is 6.61. The smallest absolute Gasteiger partial charge is 0.227 e. The van der Waals surface area contributed by atoms with E-state index < -0.39 is 0 Å². The lowest BCUT2D eigenvalue weighted by Gasteiger charge is -2.21. The molecule has 1 aliphatic heterocycles. The van der Waals surface area contributed by atoms with E-state index in [2.05, 4.69) is 17.6 Å². The minimum Gasteiger partial charge on any atom is -0.494 e. The number of anilines is 1. The van der Waals surface area contributed by atoms with Crippen molar-refractivity contribution in [2.45, 2.75) is 51.9 Å². The SMILES string of the molecule is CCCCCCCOc1ccc(NC(=O)C2CCNCC2)cc1. The largest absolute Gasteiger partial charge is 0.494 e. The molecule has 1 aromatic carbocycles. The summed E-state index contributed by atoms with van der Waals surface area (Å²) in [6.45, 7) is 4.86. The number of rotatable bonds is 9. The average Bonchev–Trinajstić information content (AvgIpc) is 2.60. The average molecular weight is 318 g/mol. The zero-order chi connectivity index (χ0) is 16.3. The molecule has 1 saturated heterocycles. The number of piperidine rings is 1. The fraction of sp³-hybridized carbons (Fsp3) is 0.632. The van der Waals surface area contributed by atoms with Gasteiger partial charge >= 0.3 is 0 Å². The number of carbonyl (C=O) groups excluding carboxylic acids is 1. The Morgan fingerprint density at radius 2 is 1.83 bits per heavy atom. The van der Waals surface area contributed by atoms with Gasteiger partial charge in [0.1, 0.15) is 5.75 Å². The van der Waals surface area contributed by atoms with E-state index in [1.807, 2.05) is 24.3 Å². The van der Waals surface area contributed by atoms with Crippen LogP contribution in [0.2, 0.25) is 0 Å². The van der Waals surface area contributed by atoms with Gasteiger partial charge in [0.15, 0.2) is 0 Å². The molecular formula is C19H30N2O2. The second-order valence-electron chi connectivity index (χ2n) is 6.30. The Hall–Kier alpha value is -1.55. The lowest BCUT2D eigenvalue weighted by Crippen LogP contribution is -2.34. The Labute approximate surface area is 140 Å². The summed E-state index contributed by atoms with van der Waals surface area (Å²) in [5.41, 5.74) is 0.851. The highest BCUT2D eigenvalue weighted by molar-refractivity contribution is 5.92. The molecule has 1 aromatic rings. The number of nitrogens with one attached hydrogen (secondary N) is 2. The van der Waals surface area contributed by atoms with Crippen LogP contribution in [0.25, 0.3) is 0 Å². The second-order valence-corrected chi connectivity index (χ2v) is 6.30. The van der Waals surface area contributed by atoms with Gasteiger partial charge in [0.05, 0.1) is 6.61 Å². The molecule has 2 N–H and O–H groups in total. The van der Waals surface area contributed by atoms with Gasteiger partial charge in [0.2, 0.25) is 5.91 Å². The minimum atomic E-state index is 0.135. The van der Waals surface area contributed by atoms with Crippen LogP contribution in [0.4, 0.5) is 5.69 Å². The van der Waals surface area contributed by atoms with Crippen molar-refractivity contribution < 1.29 is 9.53 Å². The van der Waals surface area contributed by atoms with E-state index in [0.717, 1.165) is 50.4 Å². The third-order valence-electron chi connectivity index (χ3n) is 4.35. The summed E-state index contributed by atoms with van der Waals surface area (Å²) in [6.07, 6.45) is 8.06. The maximum atomic E-state index is 12.2. The maximum Gasteiger partial charge on any atom is 0.227 e. The monoisotopic (exact) mass is 318 g/mol. The molecule has 0 unspecified atom stereocenters. The fourth-order valence-electron chi connectivity index (χ4n) is 2.86. The van der Waals surface area contributed by atoms with Crippen molar-refractivity contribution in [2.75, 3.05) is 25.0 Å². The fourth-order valence-corrected chi connectivity index (χ4v) is 2.86. The molecule has 4 heteroatoms. The van der Waals surface area contributed by atoms with Gasteiger partial charge in [-0.3, -0.25) is 4.79 Å². The molecule has 0 spiro atoms. The first-order valence-corrected chi connectivity index (χ1v) is 9.04. The zero-order valence-electron chi connectivity index (χ0n) is 14.3. The van der Waals surface area contributed by atoms with E-state index in [9.17, 15) is 4.79 Å². The molecule has 23 heavy (non-hydrogen) atoms. The Balaban J connectivity index is 1.68. The molecule has 0 radical (unpaired) electrons. The second kappa shape index (κ2) is 10.3. The molecule has 0 aromatic heterocycles. The zero-order valence-corrected chi connectivity index (χ0v) is 14.3. The van der Waals surface area contributed by atoms with Crippen molar-refractivity contribution >= 4 is 11.6 Å². The number of amides is 1. The molecule has 0 saturated carbocycles. The molecular weight excluding hydrogens is 288 g/mol. The Bertz CT molecular complexity index is 453. The predicted octanol–water partition coefficient (Wildman–Crippen LogP) is 3.97. The summed E-state index contributed by atoms with van der Waals surface area (Å²) in [5.74, 6) is 1.15. The number of unbranched alkanes of at least 4 members (excludes halogenated alkanes) is 4. The van der Waals surface area contributed by atoms with Crippen LogP contribution in [0.5, 0.6) is 5.75 Å². The van der Waals surface area contributed by atoms with Crippen LogP contribution in [0.1, 0.15) is 51.9 Å². The number of ether oxygens (including phenoxy) is 1. The van der Waals surface area contributed by atoms with Gasteiger partial charge in [-0.1, -0.05) is 32.6 Å². The lowest BCUT2D eigenvalue weighted by molar-refractivity contribution is -0.120. The number of hydrogen-bond acceptors (Lipinski definition) is 3. The van der Waals surface area contributed by atoms with E-state index in [0.29, 0.717) is 0 Å². The van der Waals surface area contributed by atoms with Gasteiger partial charge in [-0.15, -0.1) is 0 Å². The summed E-state index contributed by atoms with van der Waals surface area (Å²) in [7, 11) is 0. The highest BCUT2D eigenvalue weighted by Gasteiger charge is 2.20. The molecule has 2 rings (SSSR count). The summed E-state index contributed by atoms with van der Waals surface area (Å²) in [6, 6.07) is 7.71. The summed E-state index contributed by atoms with van der Waals surface area (Å²) in [4.78, 5) is 12.2. The van der Waals surface area contributed by atoms with Crippen molar-refractivity contribution in [3.05, 3.63) is 24.3 Å². The van der Waals surface area contributed by atoms with E-state index >= 15 is 0 Å². The molecule has 0 atom stereocenters. The van der Waals surface area contributed by atoms with Crippen molar-refractivity contribution in [3.8, 4) is 5.75 Å². The normalized spacial score (nSPS) is 15.3. The molecule has 4 nitrogen and oxygen atoms in total. The first-order valence-electron chi connectivity index (χ1n) is 9.04. The summed E-state index contributed by atoms with van der Waals surface area (Å²) < 4.78 is 5.74. The molecule has 1 amide bonds. The molecule has 1 heterocycles. The van der Waals surface area contributed by atoms with Crippen LogP contribution in [-0.2, 0) is 4.79 Å². The van der Waals surface area contributed by atoms with Crippen LogP contribution in [0.3, 0.4) is 0 Å². The summed E-state index contributed by atoms with van der Waals surface area (Å²) in [5, 5.41) is 6.29. The maximum absolute atomic E-state index is 12.2. The number of carbonyl (C=O) groups is 1. The van der Waals surface area contributed by atoms with Gasteiger partial charge in [0.25, 0.3) is 0 Å². The van der Waals surface area contributed by atoms with Crippen LogP contribution < -0.4 is 15.4 Å². The van der Waals surface area contributed by atoms with Gasteiger partial charge in [0, 0.05) is 11.6 Å². The lowest BCUT2D eigenvalue weighted by atomic mass is 9.97. The van der Waals surface area contributed by atoms with E-state index in [4.69, 9.17) is 4.74 Å². The van der Waals surface area contributed by atoms with Gasteiger partial charge in [-0.05, 0) is 56.6 Å². The molecule has 1 aliphatic rings. The van der Waals surface area contributed by atoms with Crippen molar-refractivity contribution in [1.29, 1.82) is 0 Å². The molecule has 128 valence electrons. The van der Waals surface area contributed by atoms with Crippen LogP contribution in [0.15, 0.2) is 24.3 Å². The molecule has 0 bridgehead atoms. The van der Waals surface area contributed by atoms with Crippen LogP contribution >= 0.6 is 0 Å². The quantitative estimate of drug-likeness (QED) is 0.677. The van der Waals surface area contributed by atoms with Gasteiger partial charge in [-0.25, -0.2) is 0 Å².